The number of para-hydroxylation sites is 1. The van der Waals surface area contributed by atoms with Crippen LogP contribution in [0.15, 0.2) is 40.8 Å². The first-order chi connectivity index (χ1) is 20.7. The van der Waals surface area contributed by atoms with Crippen LogP contribution in [-0.4, -0.2) is 66.3 Å². The number of hydrogen-bond acceptors (Lipinski definition) is 8. The number of ether oxygens (including phenoxy) is 2. The van der Waals surface area contributed by atoms with Crippen LogP contribution < -0.4 is 10.2 Å². The van der Waals surface area contributed by atoms with Gasteiger partial charge in [0.2, 0.25) is 11.7 Å². The van der Waals surface area contributed by atoms with E-state index >= 15 is 0 Å². The number of rotatable bonds is 10. The van der Waals surface area contributed by atoms with Crippen molar-refractivity contribution in [1.29, 1.82) is 0 Å². The highest BCUT2D eigenvalue weighted by Gasteiger charge is 2.47. The van der Waals surface area contributed by atoms with E-state index < -0.39 is 17.7 Å². The summed E-state index contributed by atoms with van der Waals surface area (Å²) in [5.41, 5.74) is 1.44. The lowest BCUT2D eigenvalue weighted by Gasteiger charge is -2.29. The Hall–Kier alpha value is -3.71. The molecule has 1 unspecified atom stereocenters. The number of fused-ring (bicyclic) bond motifs is 3. The largest absolute Gasteiger partial charge is 0.464 e. The van der Waals surface area contributed by atoms with Crippen molar-refractivity contribution in [2.24, 2.45) is 11.8 Å². The fourth-order valence-electron chi connectivity index (χ4n) is 5.37. The van der Waals surface area contributed by atoms with Gasteiger partial charge in [-0.3, -0.25) is 9.50 Å². The van der Waals surface area contributed by atoms with Gasteiger partial charge in [-0.25, -0.2) is 14.8 Å². The van der Waals surface area contributed by atoms with Gasteiger partial charge in [-0.2, -0.15) is 8.78 Å². The molecule has 13 heteroatoms. The Bertz CT molecular complexity index is 1470. The zero-order valence-electron chi connectivity index (χ0n) is 28.0. The molecule has 0 bridgehead atoms. The number of amides is 1. The zero-order valence-corrected chi connectivity index (χ0v) is 28.0. The van der Waals surface area contributed by atoms with Crippen molar-refractivity contribution < 1.29 is 42.4 Å². The van der Waals surface area contributed by atoms with Gasteiger partial charge in [0.05, 0.1) is 25.4 Å². The van der Waals surface area contributed by atoms with E-state index in [1.807, 2.05) is 25.7 Å². The Labute approximate surface area is 268 Å². The SMILES string of the molecule is C=C(C(=O)NC)C(CC)[C@@H](C)CC.COC(=O)C(F)(F)c1nc(N2CCC[C@H]2COC(C)(C)C)c2oc3ccccc3c2n1.F.O. The Morgan fingerprint density at radius 3 is 2.39 bits per heavy atom. The molecule has 1 amide bonds. The van der Waals surface area contributed by atoms with E-state index in [4.69, 9.17) is 9.15 Å². The van der Waals surface area contributed by atoms with Crippen molar-refractivity contribution in [3.63, 3.8) is 0 Å². The van der Waals surface area contributed by atoms with Crippen LogP contribution in [0, 0.1) is 11.8 Å². The predicted molar refractivity (Wildman–Crippen MR) is 174 cm³/mol. The Morgan fingerprint density at radius 2 is 1.83 bits per heavy atom. The van der Waals surface area contributed by atoms with Gasteiger partial charge in [-0.05, 0) is 64.0 Å². The van der Waals surface area contributed by atoms with Crippen LogP contribution in [0.25, 0.3) is 22.1 Å². The van der Waals surface area contributed by atoms with Crippen LogP contribution in [0.2, 0.25) is 0 Å². The van der Waals surface area contributed by atoms with Crippen LogP contribution >= 0.6 is 0 Å². The highest BCUT2D eigenvalue weighted by Crippen LogP contribution is 2.39. The number of nitrogens with one attached hydrogen (secondary N) is 1. The van der Waals surface area contributed by atoms with E-state index in [0.717, 1.165) is 38.4 Å². The molecule has 1 aliphatic rings. The number of carbonyl (C=O) groups is 2. The molecule has 1 fully saturated rings. The van der Waals surface area contributed by atoms with Crippen molar-refractivity contribution in [2.75, 3.05) is 32.2 Å². The third kappa shape index (κ3) is 8.97. The van der Waals surface area contributed by atoms with Crippen LogP contribution in [0.1, 0.15) is 73.1 Å². The van der Waals surface area contributed by atoms with E-state index in [1.165, 1.54) is 0 Å². The molecule has 3 atom stereocenters. The van der Waals surface area contributed by atoms with Crippen LogP contribution in [0.4, 0.5) is 19.3 Å². The second-order valence-corrected chi connectivity index (χ2v) is 12.1. The summed E-state index contributed by atoms with van der Waals surface area (Å²) in [7, 11) is 2.56. The number of aromatic nitrogens is 2. The molecule has 0 aliphatic carbocycles. The topological polar surface area (TPSA) is 138 Å². The maximum atomic E-state index is 14.8. The quantitative estimate of drug-likeness (QED) is 0.204. The lowest BCUT2D eigenvalue weighted by atomic mass is 9.84. The average molecular weight is 655 g/mol. The Kier molecular flexibility index (Phi) is 14.7. The summed E-state index contributed by atoms with van der Waals surface area (Å²) in [6, 6.07) is 6.97. The molecule has 2 aromatic heterocycles. The van der Waals surface area contributed by atoms with Gasteiger partial charge in [0.15, 0.2) is 11.4 Å². The Morgan fingerprint density at radius 1 is 1.17 bits per heavy atom. The predicted octanol–water partition coefficient (Wildman–Crippen LogP) is 6.11. The standard InChI is InChI=1S/C22H25F2N3O4.C11H21NO.FH.H2O/c1-21(2,3)30-12-13-8-7-11-27(13)18-17-16(14-9-5-6-10-15(14)31-17)25-19(26-18)22(23,24)20(28)29-4;1-6-8(3)10(7-2)9(4)11(13)12-5;;/h5-6,9-10,13H,7-8,11-12H2,1-4H3;8,10H,4,6-7H2,1-3,5H3,(H,12,13);1H;1H2/t13-;8-,10?;;/m00../s1. The fraction of sp³-hybridized carbons (Fsp3) is 0.576. The number of anilines is 1. The molecule has 1 saturated heterocycles. The molecule has 46 heavy (non-hydrogen) atoms. The summed E-state index contributed by atoms with van der Waals surface area (Å²) < 4.78 is 45.8. The van der Waals surface area contributed by atoms with Gasteiger partial charge in [0.1, 0.15) is 11.1 Å². The van der Waals surface area contributed by atoms with Crippen molar-refractivity contribution in [1.82, 2.24) is 15.3 Å². The van der Waals surface area contributed by atoms with Gasteiger partial charge < -0.3 is 29.6 Å². The van der Waals surface area contributed by atoms with E-state index in [1.54, 1.807) is 31.3 Å². The summed E-state index contributed by atoms with van der Waals surface area (Å²) in [4.78, 5) is 33.2. The molecule has 4 rings (SSSR count). The van der Waals surface area contributed by atoms with E-state index in [2.05, 4.69) is 47.4 Å². The molecule has 1 aliphatic heterocycles. The molecule has 3 aromatic rings. The molecule has 0 spiro atoms. The Balaban J connectivity index is 0.000000605. The second kappa shape index (κ2) is 16.7. The number of esters is 1. The number of carbonyl (C=O) groups excluding carboxylic acids is 2. The summed E-state index contributed by atoms with van der Waals surface area (Å²) in [5.74, 6) is -5.53. The molecule has 258 valence electrons. The second-order valence-electron chi connectivity index (χ2n) is 12.1. The van der Waals surface area contributed by atoms with Crippen molar-refractivity contribution >= 4 is 39.8 Å². The summed E-state index contributed by atoms with van der Waals surface area (Å²) in [6.07, 6.45) is 3.76. The molecule has 3 heterocycles. The number of alkyl halides is 2. The highest BCUT2D eigenvalue weighted by molar-refractivity contribution is 6.06. The minimum absolute atomic E-state index is 0. The smallest absolute Gasteiger partial charge is 0.401 e. The maximum Gasteiger partial charge on any atom is 0.401 e. The van der Waals surface area contributed by atoms with Crippen molar-refractivity contribution in [3.05, 3.63) is 42.2 Å². The number of hydrogen-bond donors (Lipinski definition) is 1. The average Bonchev–Trinajstić information content (AvgIpc) is 3.63. The number of likely N-dealkylation sites (N-methyl/N-ethyl adjacent to an activating group) is 1. The minimum Gasteiger partial charge on any atom is -0.464 e. The third-order valence-corrected chi connectivity index (χ3v) is 8.02. The number of methoxy groups -OCH3 is 1. The van der Waals surface area contributed by atoms with E-state index in [9.17, 15) is 18.4 Å². The summed E-state index contributed by atoms with van der Waals surface area (Å²) in [5, 5.41) is 3.19. The molecular weight excluding hydrogens is 605 g/mol. The zero-order chi connectivity index (χ0) is 32.8. The molecular formula is C33H49F3N4O6. The lowest BCUT2D eigenvalue weighted by Crippen LogP contribution is -2.37. The van der Waals surface area contributed by atoms with E-state index in [-0.39, 0.29) is 39.1 Å². The number of furan rings is 1. The van der Waals surface area contributed by atoms with Gasteiger partial charge in [0.25, 0.3) is 0 Å². The fourth-order valence-corrected chi connectivity index (χ4v) is 5.37. The van der Waals surface area contributed by atoms with Gasteiger partial charge in [0, 0.05) is 24.6 Å². The number of benzene rings is 1. The monoisotopic (exact) mass is 654 g/mol. The first-order valence-electron chi connectivity index (χ1n) is 15.2. The first-order valence-corrected chi connectivity index (χ1v) is 15.2. The number of halogens is 3. The highest BCUT2D eigenvalue weighted by atomic mass is 19.3. The van der Waals surface area contributed by atoms with E-state index in [0.29, 0.717) is 41.5 Å². The summed E-state index contributed by atoms with van der Waals surface area (Å²) in [6.45, 7) is 17.2. The van der Waals surface area contributed by atoms with Crippen LogP contribution in [0.3, 0.4) is 0 Å². The van der Waals surface area contributed by atoms with Gasteiger partial charge in [-0.1, -0.05) is 45.9 Å². The molecule has 10 nitrogen and oxygen atoms in total. The lowest BCUT2D eigenvalue weighted by molar-refractivity contribution is -0.171. The molecule has 0 radical (unpaired) electrons. The molecule has 1 aromatic carbocycles. The summed E-state index contributed by atoms with van der Waals surface area (Å²) >= 11 is 0. The molecule has 3 N–H and O–H groups in total. The van der Waals surface area contributed by atoms with Gasteiger partial charge in [-0.15, -0.1) is 0 Å². The minimum atomic E-state index is -3.99. The maximum absolute atomic E-state index is 14.8. The van der Waals surface area contributed by atoms with Crippen molar-refractivity contribution in [2.45, 2.75) is 84.8 Å². The normalized spacial score (nSPS) is 16.0. The number of nitrogens with zero attached hydrogens (tertiary/aromatic N) is 3. The van der Waals surface area contributed by atoms with Crippen LogP contribution in [0.5, 0.6) is 0 Å². The van der Waals surface area contributed by atoms with Crippen LogP contribution in [-0.2, 0) is 25.0 Å². The molecule has 0 saturated carbocycles. The first kappa shape index (κ1) is 40.3. The van der Waals surface area contributed by atoms with Gasteiger partial charge >= 0.3 is 11.9 Å². The third-order valence-electron chi connectivity index (χ3n) is 8.02. The van der Waals surface area contributed by atoms with Crippen molar-refractivity contribution in [3.8, 4) is 0 Å².